The van der Waals surface area contributed by atoms with Crippen molar-refractivity contribution in [3.8, 4) is 0 Å². The molecule has 164 valence electrons. The number of quaternary nitrogens is 1. The summed E-state index contributed by atoms with van der Waals surface area (Å²) in [6, 6.07) is 3.18. The van der Waals surface area contributed by atoms with Gasteiger partial charge in [0.2, 0.25) is 23.3 Å². The van der Waals surface area contributed by atoms with E-state index in [1.807, 2.05) is 26.0 Å². The third-order valence-electron chi connectivity index (χ3n) is 7.99. The van der Waals surface area contributed by atoms with Gasteiger partial charge in [-0.1, -0.05) is 25.3 Å². The van der Waals surface area contributed by atoms with Gasteiger partial charge in [0.1, 0.15) is 17.9 Å². The van der Waals surface area contributed by atoms with Gasteiger partial charge in [0, 0.05) is 11.6 Å². The lowest BCUT2D eigenvalue weighted by atomic mass is 9.76. The molecule has 0 bridgehead atoms. The van der Waals surface area contributed by atoms with Crippen molar-refractivity contribution in [1.29, 1.82) is 0 Å². The highest BCUT2D eigenvalue weighted by molar-refractivity contribution is 6.14. The third kappa shape index (κ3) is 2.63. The first kappa shape index (κ1) is 20.2. The predicted molar refractivity (Wildman–Crippen MR) is 111 cm³/mol. The Kier molecular flexibility index (Phi) is 4.48. The first-order valence-electron chi connectivity index (χ1n) is 11.2. The number of hydrogen-bond donors (Lipinski definition) is 3. The standard InChI is InChI=1S/C23H28N4O4/c1-11-8-9-14-19(12(11)2)25-22(31)23(14)18-17(15(26-23)10-16(24)28)20(29)27(21(18)30)13-6-4-3-5-7-13/h8-9,13,15,17-18,26H,3-7,10H2,1-2H3,(H2,24,28)(H,25,31)/p+1/t15-,17-,18+,23+/m1/s1. The zero-order valence-electron chi connectivity index (χ0n) is 17.9. The molecule has 8 nitrogen and oxygen atoms in total. The number of nitrogens with one attached hydrogen (secondary N) is 1. The second kappa shape index (κ2) is 6.88. The van der Waals surface area contributed by atoms with Crippen molar-refractivity contribution in [3.05, 3.63) is 28.8 Å². The summed E-state index contributed by atoms with van der Waals surface area (Å²) in [6.07, 6.45) is 4.63. The third-order valence-corrected chi connectivity index (χ3v) is 7.99. The number of carbonyl (C=O) groups is 4. The molecule has 0 radical (unpaired) electrons. The van der Waals surface area contributed by atoms with Crippen molar-refractivity contribution in [1.82, 2.24) is 4.90 Å². The second-order valence-electron chi connectivity index (χ2n) is 9.60. The number of amides is 4. The molecule has 3 heterocycles. The van der Waals surface area contributed by atoms with Gasteiger partial charge in [-0.3, -0.25) is 24.1 Å². The van der Waals surface area contributed by atoms with Crippen LogP contribution in [0.5, 0.6) is 0 Å². The summed E-state index contributed by atoms with van der Waals surface area (Å²) >= 11 is 0. The van der Waals surface area contributed by atoms with Gasteiger partial charge in [-0.2, -0.15) is 0 Å². The van der Waals surface area contributed by atoms with Crippen LogP contribution in [0, 0.1) is 25.7 Å². The van der Waals surface area contributed by atoms with E-state index >= 15 is 0 Å². The average Bonchev–Trinajstić information content (AvgIpc) is 3.30. The molecule has 31 heavy (non-hydrogen) atoms. The van der Waals surface area contributed by atoms with Gasteiger partial charge in [0.25, 0.3) is 5.91 Å². The second-order valence-corrected chi connectivity index (χ2v) is 9.60. The highest BCUT2D eigenvalue weighted by atomic mass is 16.2. The summed E-state index contributed by atoms with van der Waals surface area (Å²) < 4.78 is 0. The molecule has 1 saturated carbocycles. The molecular formula is C23H29N4O4+. The molecule has 1 spiro atoms. The number of nitrogens with zero attached hydrogens (tertiary/aromatic N) is 1. The van der Waals surface area contributed by atoms with E-state index in [1.165, 1.54) is 4.90 Å². The molecule has 1 aliphatic carbocycles. The monoisotopic (exact) mass is 425 g/mol. The van der Waals surface area contributed by atoms with E-state index in [0.717, 1.165) is 54.5 Å². The Labute approximate surface area is 180 Å². The molecule has 4 aliphatic rings. The first-order valence-corrected chi connectivity index (χ1v) is 11.2. The highest BCUT2D eigenvalue weighted by Crippen LogP contribution is 2.51. The molecule has 5 N–H and O–H groups in total. The number of hydrogen-bond acceptors (Lipinski definition) is 4. The van der Waals surface area contributed by atoms with Crippen molar-refractivity contribution in [3.63, 3.8) is 0 Å². The minimum atomic E-state index is -1.24. The molecule has 0 aromatic heterocycles. The predicted octanol–water partition coefficient (Wildman–Crippen LogP) is 0.206. The number of likely N-dealkylation sites (tertiary alicyclic amines) is 1. The SMILES string of the molecule is Cc1ccc2c(c1C)NC(=O)[C@]21[NH2+][C@H](CC(N)=O)[C@H]2C(=O)N(C3CCCCC3)C(=O)[C@H]21. The average molecular weight is 426 g/mol. The van der Waals surface area contributed by atoms with Crippen LogP contribution < -0.4 is 16.4 Å². The molecule has 4 atom stereocenters. The molecule has 1 aromatic rings. The van der Waals surface area contributed by atoms with Gasteiger partial charge >= 0.3 is 0 Å². The summed E-state index contributed by atoms with van der Waals surface area (Å²) in [6.45, 7) is 3.91. The highest BCUT2D eigenvalue weighted by Gasteiger charge is 2.74. The van der Waals surface area contributed by atoms with Gasteiger partial charge in [-0.15, -0.1) is 0 Å². The van der Waals surface area contributed by atoms with Gasteiger partial charge in [0.15, 0.2) is 0 Å². The van der Waals surface area contributed by atoms with Crippen LogP contribution in [0.15, 0.2) is 12.1 Å². The maximum absolute atomic E-state index is 13.8. The number of rotatable bonds is 3. The number of carbonyl (C=O) groups excluding carboxylic acids is 4. The Morgan fingerprint density at radius 3 is 2.55 bits per heavy atom. The number of imide groups is 1. The molecule has 3 fully saturated rings. The van der Waals surface area contributed by atoms with Crippen LogP contribution in [-0.4, -0.2) is 40.6 Å². The lowest BCUT2D eigenvalue weighted by Crippen LogP contribution is -2.99. The van der Waals surface area contributed by atoms with Crippen molar-refractivity contribution in [2.24, 2.45) is 17.6 Å². The molecule has 4 amide bonds. The minimum Gasteiger partial charge on any atom is -0.369 e. The summed E-state index contributed by atoms with van der Waals surface area (Å²) in [4.78, 5) is 54.1. The zero-order valence-corrected chi connectivity index (χ0v) is 17.9. The van der Waals surface area contributed by atoms with Crippen LogP contribution in [0.4, 0.5) is 5.69 Å². The lowest BCUT2D eigenvalue weighted by molar-refractivity contribution is -0.732. The van der Waals surface area contributed by atoms with Gasteiger partial charge < -0.3 is 16.4 Å². The fourth-order valence-electron chi connectivity index (χ4n) is 6.42. The van der Waals surface area contributed by atoms with Crippen LogP contribution in [0.25, 0.3) is 0 Å². The largest absolute Gasteiger partial charge is 0.369 e. The Hall–Kier alpha value is -2.74. The van der Waals surface area contributed by atoms with Crippen molar-refractivity contribution in [2.45, 2.75) is 70.0 Å². The van der Waals surface area contributed by atoms with Gasteiger partial charge in [-0.05, 0) is 43.9 Å². The number of primary amides is 1. The maximum atomic E-state index is 13.8. The van der Waals surface area contributed by atoms with Crippen LogP contribution in [0.2, 0.25) is 0 Å². The van der Waals surface area contributed by atoms with E-state index in [1.54, 1.807) is 5.32 Å². The number of anilines is 1. The summed E-state index contributed by atoms with van der Waals surface area (Å²) in [5.74, 6) is -2.88. The summed E-state index contributed by atoms with van der Waals surface area (Å²) in [5, 5.41) is 4.76. The van der Waals surface area contributed by atoms with E-state index in [4.69, 9.17) is 5.73 Å². The molecule has 0 unspecified atom stereocenters. The zero-order chi connectivity index (χ0) is 22.1. The Morgan fingerprint density at radius 2 is 1.87 bits per heavy atom. The lowest BCUT2D eigenvalue weighted by Gasteiger charge is -2.32. The fourth-order valence-corrected chi connectivity index (χ4v) is 6.42. The van der Waals surface area contributed by atoms with Crippen molar-refractivity contribution >= 4 is 29.3 Å². The van der Waals surface area contributed by atoms with Crippen LogP contribution in [0.1, 0.15) is 55.2 Å². The van der Waals surface area contributed by atoms with Gasteiger partial charge in [0.05, 0.1) is 12.1 Å². The molecule has 5 rings (SSSR count). The molecule has 3 aliphatic heterocycles. The molecule has 2 saturated heterocycles. The van der Waals surface area contributed by atoms with Crippen LogP contribution in [-0.2, 0) is 24.7 Å². The molecule has 8 heteroatoms. The Bertz CT molecular complexity index is 1020. The van der Waals surface area contributed by atoms with E-state index in [-0.39, 0.29) is 30.2 Å². The summed E-state index contributed by atoms with van der Waals surface area (Å²) in [7, 11) is 0. The normalized spacial score (nSPS) is 32.5. The number of fused-ring (bicyclic) bond motifs is 4. The molecule has 1 aromatic carbocycles. The van der Waals surface area contributed by atoms with Crippen LogP contribution >= 0.6 is 0 Å². The van der Waals surface area contributed by atoms with E-state index in [0.29, 0.717) is 0 Å². The maximum Gasteiger partial charge on any atom is 0.291 e. The topological polar surface area (TPSA) is 126 Å². The van der Waals surface area contributed by atoms with E-state index < -0.39 is 29.3 Å². The number of benzene rings is 1. The van der Waals surface area contributed by atoms with Crippen LogP contribution in [0.3, 0.4) is 0 Å². The first-order chi connectivity index (χ1) is 14.8. The number of nitrogens with two attached hydrogens (primary N) is 2. The Balaban J connectivity index is 1.65. The molecular weight excluding hydrogens is 396 g/mol. The van der Waals surface area contributed by atoms with E-state index in [2.05, 4.69) is 5.32 Å². The van der Waals surface area contributed by atoms with Crippen molar-refractivity contribution < 1.29 is 24.5 Å². The minimum absolute atomic E-state index is 0.0477. The van der Waals surface area contributed by atoms with Crippen molar-refractivity contribution in [2.75, 3.05) is 5.32 Å². The smallest absolute Gasteiger partial charge is 0.291 e. The number of aryl methyl sites for hydroxylation is 1. The quantitative estimate of drug-likeness (QED) is 0.598. The fraction of sp³-hybridized carbons (Fsp3) is 0.565. The summed E-state index contributed by atoms with van der Waals surface area (Å²) in [5.41, 5.74) is 7.70. The van der Waals surface area contributed by atoms with E-state index in [9.17, 15) is 19.2 Å². The van der Waals surface area contributed by atoms with Gasteiger partial charge in [-0.25, -0.2) is 0 Å². The Morgan fingerprint density at radius 1 is 1.16 bits per heavy atom.